The van der Waals surface area contributed by atoms with Crippen LogP contribution in [0.1, 0.15) is 29.4 Å². The highest BCUT2D eigenvalue weighted by atomic mass is 16.6. The van der Waals surface area contributed by atoms with Gasteiger partial charge in [0, 0.05) is 28.4 Å². The number of pyridine rings is 1. The second kappa shape index (κ2) is 5.10. The summed E-state index contributed by atoms with van der Waals surface area (Å²) in [6.07, 6.45) is 2.76. The molecule has 0 fully saturated rings. The highest BCUT2D eigenvalue weighted by Crippen LogP contribution is 2.32. The summed E-state index contributed by atoms with van der Waals surface area (Å²) in [5, 5.41) is 21.7. The van der Waals surface area contributed by atoms with Gasteiger partial charge in [-0.3, -0.25) is 10.1 Å². The van der Waals surface area contributed by atoms with E-state index in [0.717, 1.165) is 11.9 Å². The molecule has 2 aromatic heterocycles. The first-order valence-electron chi connectivity index (χ1n) is 6.84. The van der Waals surface area contributed by atoms with Crippen LogP contribution in [-0.2, 0) is 6.42 Å². The summed E-state index contributed by atoms with van der Waals surface area (Å²) < 4.78 is 0. The van der Waals surface area contributed by atoms with Crippen molar-refractivity contribution in [1.82, 2.24) is 9.97 Å². The lowest BCUT2D eigenvalue weighted by atomic mass is 10.0. The number of benzene rings is 1. The minimum Gasteiger partial charge on any atom is -0.477 e. The maximum atomic E-state index is 11.4. The van der Waals surface area contributed by atoms with Crippen molar-refractivity contribution in [2.75, 3.05) is 0 Å². The van der Waals surface area contributed by atoms with Gasteiger partial charge in [-0.1, -0.05) is 13.3 Å². The Morgan fingerprint density at radius 1 is 1.41 bits per heavy atom. The molecule has 0 aliphatic heterocycles. The molecule has 2 heterocycles. The first-order chi connectivity index (χ1) is 10.5. The van der Waals surface area contributed by atoms with Crippen molar-refractivity contribution in [2.45, 2.75) is 19.8 Å². The van der Waals surface area contributed by atoms with Crippen molar-refractivity contribution in [2.24, 2.45) is 0 Å². The number of carboxylic acid groups (broad SMARTS) is 1. The van der Waals surface area contributed by atoms with E-state index in [0.29, 0.717) is 28.3 Å². The molecule has 0 saturated carbocycles. The van der Waals surface area contributed by atoms with E-state index in [1.165, 1.54) is 18.3 Å². The molecule has 22 heavy (non-hydrogen) atoms. The van der Waals surface area contributed by atoms with Gasteiger partial charge in [-0.15, -0.1) is 0 Å². The van der Waals surface area contributed by atoms with E-state index in [1.54, 1.807) is 6.07 Å². The Morgan fingerprint density at radius 3 is 2.82 bits per heavy atom. The van der Waals surface area contributed by atoms with Crippen molar-refractivity contribution in [3.63, 3.8) is 0 Å². The molecule has 0 unspecified atom stereocenters. The predicted molar refractivity (Wildman–Crippen MR) is 81.2 cm³/mol. The number of nitrogens with one attached hydrogen (secondary N) is 1. The molecule has 3 aromatic rings. The SMILES string of the molecule is CCCc1c(C(=O)O)ncc2[nH]c3ccc([N+](=O)[O-])cc3c12. The molecule has 0 aliphatic rings. The van der Waals surface area contributed by atoms with E-state index in [1.807, 2.05) is 6.92 Å². The lowest BCUT2D eigenvalue weighted by molar-refractivity contribution is -0.384. The molecular formula is C15H13N3O4. The lowest BCUT2D eigenvalue weighted by Crippen LogP contribution is -2.06. The average molecular weight is 299 g/mol. The highest BCUT2D eigenvalue weighted by Gasteiger charge is 2.19. The number of aryl methyl sites for hydroxylation is 1. The number of aromatic amines is 1. The molecule has 1 aromatic carbocycles. The van der Waals surface area contributed by atoms with Gasteiger partial charge >= 0.3 is 5.97 Å². The van der Waals surface area contributed by atoms with Gasteiger partial charge < -0.3 is 10.1 Å². The van der Waals surface area contributed by atoms with Crippen LogP contribution in [0, 0.1) is 10.1 Å². The Balaban J connectivity index is 2.43. The number of hydrogen-bond donors (Lipinski definition) is 2. The summed E-state index contributed by atoms with van der Waals surface area (Å²) >= 11 is 0. The van der Waals surface area contributed by atoms with E-state index in [2.05, 4.69) is 9.97 Å². The zero-order valence-electron chi connectivity index (χ0n) is 11.8. The summed E-state index contributed by atoms with van der Waals surface area (Å²) in [5.41, 5.74) is 2.00. The molecule has 0 bridgehead atoms. The summed E-state index contributed by atoms with van der Waals surface area (Å²) in [7, 11) is 0. The van der Waals surface area contributed by atoms with Gasteiger partial charge in [0.2, 0.25) is 0 Å². The van der Waals surface area contributed by atoms with Crippen LogP contribution >= 0.6 is 0 Å². The summed E-state index contributed by atoms with van der Waals surface area (Å²) in [6, 6.07) is 4.52. The molecule has 0 saturated heterocycles. The third-order valence-corrected chi connectivity index (χ3v) is 3.63. The number of rotatable bonds is 4. The van der Waals surface area contributed by atoms with Crippen LogP contribution in [0.15, 0.2) is 24.4 Å². The number of aromatic nitrogens is 2. The Hall–Kier alpha value is -2.96. The molecule has 7 heteroatoms. The molecule has 3 rings (SSSR count). The normalized spacial score (nSPS) is 11.1. The molecule has 7 nitrogen and oxygen atoms in total. The highest BCUT2D eigenvalue weighted by molar-refractivity contribution is 6.11. The zero-order chi connectivity index (χ0) is 15.9. The van der Waals surface area contributed by atoms with Gasteiger partial charge in [-0.2, -0.15) is 0 Å². The second-order valence-electron chi connectivity index (χ2n) is 5.04. The van der Waals surface area contributed by atoms with Crippen LogP contribution in [0.4, 0.5) is 5.69 Å². The van der Waals surface area contributed by atoms with Crippen molar-refractivity contribution in [1.29, 1.82) is 0 Å². The molecular weight excluding hydrogens is 286 g/mol. The molecule has 0 spiro atoms. The minimum absolute atomic E-state index is 0.00163. The molecule has 112 valence electrons. The van der Waals surface area contributed by atoms with Crippen LogP contribution in [-0.4, -0.2) is 26.0 Å². The smallest absolute Gasteiger partial charge is 0.354 e. The lowest BCUT2D eigenvalue weighted by Gasteiger charge is -2.06. The predicted octanol–water partition coefficient (Wildman–Crippen LogP) is 3.28. The fourth-order valence-corrected chi connectivity index (χ4v) is 2.74. The van der Waals surface area contributed by atoms with Crippen molar-refractivity contribution in [3.8, 4) is 0 Å². The summed E-state index contributed by atoms with van der Waals surface area (Å²) in [5.74, 6) is -1.09. The molecule has 0 radical (unpaired) electrons. The van der Waals surface area contributed by atoms with E-state index in [4.69, 9.17) is 0 Å². The van der Waals surface area contributed by atoms with Crippen molar-refractivity contribution in [3.05, 3.63) is 45.8 Å². The standard InChI is InChI=1S/C15H13N3O4/c1-2-3-9-13-10-6-8(18(21)22)4-5-11(10)17-12(13)7-16-14(9)15(19)20/h4-7,17H,2-3H2,1H3,(H,19,20). The van der Waals surface area contributed by atoms with Gasteiger partial charge in [0.05, 0.1) is 16.6 Å². The molecule has 2 N–H and O–H groups in total. The number of H-pyrrole nitrogens is 1. The summed E-state index contributed by atoms with van der Waals surface area (Å²) in [6.45, 7) is 1.95. The van der Waals surface area contributed by atoms with Crippen molar-refractivity contribution >= 4 is 33.5 Å². The maximum Gasteiger partial charge on any atom is 0.354 e. The van der Waals surface area contributed by atoms with E-state index >= 15 is 0 Å². The Kier molecular flexibility index (Phi) is 3.25. The summed E-state index contributed by atoms with van der Waals surface area (Å²) in [4.78, 5) is 29.1. The first kappa shape index (κ1) is 14.0. The molecule has 0 aliphatic carbocycles. The number of carbonyl (C=O) groups is 1. The quantitative estimate of drug-likeness (QED) is 0.567. The van der Waals surface area contributed by atoms with Crippen LogP contribution in [0.25, 0.3) is 21.8 Å². The number of nitro groups is 1. The maximum absolute atomic E-state index is 11.4. The van der Waals surface area contributed by atoms with Crippen molar-refractivity contribution < 1.29 is 14.8 Å². The van der Waals surface area contributed by atoms with Gasteiger partial charge in [0.25, 0.3) is 5.69 Å². The fraction of sp³-hybridized carbons (Fsp3) is 0.200. The van der Waals surface area contributed by atoms with Gasteiger partial charge in [-0.05, 0) is 18.1 Å². The number of aromatic carboxylic acids is 1. The Labute approximate surface area is 124 Å². The van der Waals surface area contributed by atoms with E-state index in [9.17, 15) is 20.0 Å². The van der Waals surface area contributed by atoms with E-state index < -0.39 is 10.9 Å². The second-order valence-corrected chi connectivity index (χ2v) is 5.04. The minimum atomic E-state index is -1.09. The first-order valence-corrected chi connectivity index (χ1v) is 6.84. The fourth-order valence-electron chi connectivity index (χ4n) is 2.74. The topological polar surface area (TPSA) is 109 Å². The zero-order valence-corrected chi connectivity index (χ0v) is 11.8. The number of nitro benzene ring substituents is 1. The van der Waals surface area contributed by atoms with Gasteiger partial charge in [0.1, 0.15) is 0 Å². The number of non-ortho nitro benzene ring substituents is 1. The largest absolute Gasteiger partial charge is 0.477 e. The Morgan fingerprint density at radius 2 is 2.18 bits per heavy atom. The average Bonchev–Trinajstić information content (AvgIpc) is 2.85. The number of nitrogens with zero attached hydrogens (tertiary/aromatic N) is 2. The van der Waals surface area contributed by atoms with Crippen LogP contribution < -0.4 is 0 Å². The van der Waals surface area contributed by atoms with Crippen LogP contribution in [0.2, 0.25) is 0 Å². The van der Waals surface area contributed by atoms with Gasteiger partial charge in [0.15, 0.2) is 5.69 Å². The van der Waals surface area contributed by atoms with E-state index in [-0.39, 0.29) is 11.4 Å². The van der Waals surface area contributed by atoms with Crippen LogP contribution in [0.5, 0.6) is 0 Å². The molecule has 0 atom stereocenters. The third kappa shape index (κ3) is 2.07. The third-order valence-electron chi connectivity index (χ3n) is 3.63. The molecule has 0 amide bonds. The van der Waals surface area contributed by atoms with Crippen LogP contribution in [0.3, 0.4) is 0 Å². The number of fused-ring (bicyclic) bond motifs is 3. The monoisotopic (exact) mass is 299 g/mol. The Bertz CT molecular complexity index is 914. The number of hydrogen-bond acceptors (Lipinski definition) is 4. The van der Waals surface area contributed by atoms with Gasteiger partial charge in [-0.25, -0.2) is 9.78 Å². The number of carboxylic acids is 1.